The quantitative estimate of drug-likeness (QED) is 0.913. The Morgan fingerprint density at radius 3 is 2.90 bits per heavy atom. The van der Waals surface area contributed by atoms with Crippen LogP contribution < -0.4 is 10.5 Å². The van der Waals surface area contributed by atoms with Gasteiger partial charge in [-0.3, -0.25) is 4.90 Å². The molecule has 2 atom stereocenters. The molecule has 2 unspecified atom stereocenters. The van der Waals surface area contributed by atoms with Crippen molar-refractivity contribution in [2.24, 2.45) is 11.7 Å². The van der Waals surface area contributed by atoms with Crippen LogP contribution in [-0.4, -0.2) is 31.1 Å². The molecule has 1 fully saturated rings. The van der Waals surface area contributed by atoms with Crippen molar-refractivity contribution in [3.05, 3.63) is 29.3 Å². The van der Waals surface area contributed by atoms with Crippen LogP contribution in [0.15, 0.2) is 18.2 Å². The molecule has 4 nitrogen and oxygen atoms in total. The van der Waals surface area contributed by atoms with Gasteiger partial charge in [-0.1, -0.05) is 6.07 Å². The highest BCUT2D eigenvalue weighted by atomic mass is 16.5. The molecule has 2 N–H and O–H groups in total. The van der Waals surface area contributed by atoms with Crippen LogP contribution in [0.4, 0.5) is 0 Å². The van der Waals surface area contributed by atoms with E-state index in [1.54, 1.807) is 7.11 Å². The first kappa shape index (κ1) is 14.8. The monoisotopic (exact) mass is 273 g/mol. The van der Waals surface area contributed by atoms with Gasteiger partial charge in [0, 0.05) is 19.1 Å². The summed E-state index contributed by atoms with van der Waals surface area (Å²) in [7, 11) is 1.61. The molecule has 1 heterocycles. The fourth-order valence-electron chi connectivity index (χ4n) is 2.84. The summed E-state index contributed by atoms with van der Waals surface area (Å²) in [5.74, 6) is 1.26. The number of nitrogens with two attached hydrogens (primary N) is 1. The summed E-state index contributed by atoms with van der Waals surface area (Å²) >= 11 is 0. The minimum atomic E-state index is 0.583. The lowest BCUT2D eigenvalue weighted by atomic mass is 9.93. The number of hydrogen-bond donors (Lipinski definition) is 1. The van der Waals surface area contributed by atoms with E-state index in [9.17, 15) is 0 Å². The van der Waals surface area contributed by atoms with E-state index in [1.807, 2.05) is 18.2 Å². The summed E-state index contributed by atoms with van der Waals surface area (Å²) in [5, 5.41) is 9.02. The van der Waals surface area contributed by atoms with Crippen molar-refractivity contribution < 1.29 is 4.74 Å². The molecule has 1 aliphatic heterocycles. The van der Waals surface area contributed by atoms with Crippen LogP contribution in [-0.2, 0) is 6.54 Å². The second kappa shape index (κ2) is 6.74. The molecule has 0 spiro atoms. The predicted octanol–water partition coefficient (Wildman–Crippen LogP) is 2.13. The third-order valence-corrected chi connectivity index (χ3v) is 4.21. The van der Waals surface area contributed by atoms with E-state index in [0.717, 1.165) is 19.6 Å². The zero-order valence-corrected chi connectivity index (χ0v) is 12.3. The number of likely N-dealkylation sites (tertiary alicyclic amines) is 1. The number of benzene rings is 1. The summed E-state index contributed by atoms with van der Waals surface area (Å²) in [6.07, 6.45) is 2.43. The van der Waals surface area contributed by atoms with Crippen LogP contribution in [0.1, 0.15) is 30.9 Å². The van der Waals surface area contributed by atoms with Gasteiger partial charge in [-0.25, -0.2) is 0 Å². The average molecular weight is 273 g/mol. The van der Waals surface area contributed by atoms with E-state index in [2.05, 4.69) is 17.9 Å². The molecular weight excluding hydrogens is 250 g/mol. The van der Waals surface area contributed by atoms with Crippen LogP contribution >= 0.6 is 0 Å². The molecule has 0 amide bonds. The van der Waals surface area contributed by atoms with Crippen molar-refractivity contribution in [3.63, 3.8) is 0 Å². The van der Waals surface area contributed by atoms with E-state index >= 15 is 0 Å². The summed E-state index contributed by atoms with van der Waals surface area (Å²) in [5.41, 5.74) is 7.58. The Morgan fingerprint density at radius 2 is 2.25 bits per heavy atom. The molecule has 20 heavy (non-hydrogen) atoms. The molecule has 1 aromatic rings. The summed E-state index contributed by atoms with van der Waals surface area (Å²) < 4.78 is 5.27. The lowest BCUT2D eigenvalue weighted by Gasteiger charge is -2.37. The molecular formula is C16H23N3O. The third-order valence-electron chi connectivity index (χ3n) is 4.21. The van der Waals surface area contributed by atoms with E-state index < -0.39 is 0 Å². The first-order chi connectivity index (χ1) is 9.67. The van der Waals surface area contributed by atoms with Crippen molar-refractivity contribution >= 4 is 0 Å². The maximum Gasteiger partial charge on any atom is 0.136 e. The van der Waals surface area contributed by atoms with Crippen molar-refractivity contribution in [1.82, 2.24) is 4.90 Å². The van der Waals surface area contributed by atoms with Crippen molar-refractivity contribution in [2.75, 3.05) is 20.2 Å². The number of nitriles is 1. The Labute approximate surface area is 121 Å². The average Bonchev–Trinajstić information content (AvgIpc) is 2.49. The van der Waals surface area contributed by atoms with Crippen molar-refractivity contribution in [2.45, 2.75) is 32.4 Å². The first-order valence-electron chi connectivity index (χ1n) is 7.19. The molecule has 0 bridgehead atoms. The van der Waals surface area contributed by atoms with Crippen LogP contribution in [0.3, 0.4) is 0 Å². The van der Waals surface area contributed by atoms with Gasteiger partial charge in [0.1, 0.15) is 11.8 Å². The highest BCUT2D eigenvalue weighted by Gasteiger charge is 2.24. The Hall–Kier alpha value is -1.57. The Morgan fingerprint density at radius 1 is 1.45 bits per heavy atom. The van der Waals surface area contributed by atoms with Gasteiger partial charge < -0.3 is 10.5 Å². The predicted molar refractivity (Wildman–Crippen MR) is 79.4 cm³/mol. The molecule has 0 radical (unpaired) electrons. The third kappa shape index (κ3) is 3.30. The van der Waals surface area contributed by atoms with Crippen molar-refractivity contribution in [1.29, 1.82) is 5.26 Å². The van der Waals surface area contributed by atoms with E-state index in [-0.39, 0.29) is 0 Å². The standard InChI is InChI=1S/C16H23N3O/c1-12-3-4-14(8-17)11-19(12)10-13-5-6-15(9-18)16(7-13)20-2/h5-7,12,14H,3-4,8,10-11,17H2,1-2H3. The molecule has 1 aliphatic rings. The van der Waals surface area contributed by atoms with Gasteiger partial charge in [0.15, 0.2) is 0 Å². The highest BCUT2D eigenvalue weighted by Crippen LogP contribution is 2.25. The van der Waals surface area contributed by atoms with Gasteiger partial charge in [-0.2, -0.15) is 5.26 Å². The number of nitrogens with zero attached hydrogens (tertiary/aromatic N) is 2. The zero-order valence-electron chi connectivity index (χ0n) is 12.3. The van der Waals surface area contributed by atoms with Crippen LogP contribution in [0, 0.1) is 17.2 Å². The number of rotatable bonds is 4. The molecule has 1 saturated heterocycles. The van der Waals surface area contributed by atoms with Gasteiger partial charge in [0.25, 0.3) is 0 Å². The second-order valence-corrected chi connectivity index (χ2v) is 5.60. The number of ether oxygens (including phenoxy) is 1. The zero-order chi connectivity index (χ0) is 14.5. The summed E-state index contributed by atoms with van der Waals surface area (Å²) in [4.78, 5) is 2.47. The Bertz CT molecular complexity index is 495. The van der Waals surface area contributed by atoms with Gasteiger partial charge >= 0.3 is 0 Å². The molecule has 0 saturated carbocycles. The Kier molecular flexibility index (Phi) is 4.99. The first-order valence-corrected chi connectivity index (χ1v) is 7.19. The van der Waals surface area contributed by atoms with Gasteiger partial charge in [0.2, 0.25) is 0 Å². The lowest BCUT2D eigenvalue weighted by Crippen LogP contribution is -2.43. The fraction of sp³-hybridized carbons (Fsp3) is 0.562. The smallest absolute Gasteiger partial charge is 0.136 e. The van der Waals surface area contributed by atoms with Crippen LogP contribution in [0.2, 0.25) is 0 Å². The fourth-order valence-corrected chi connectivity index (χ4v) is 2.84. The largest absolute Gasteiger partial charge is 0.495 e. The normalized spacial score (nSPS) is 23.3. The van der Waals surface area contributed by atoms with Gasteiger partial charge in [-0.15, -0.1) is 0 Å². The second-order valence-electron chi connectivity index (χ2n) is 5.60. The maximum absolute atomic E-state index is 9.02. The van der Waals surface area contributed by atoms with Crippen LogP contribution in [0.25, 0.3) is 0 Å². The number of methoxy groups -OCH3 is 1. The van der Waals surface area contributed by atoms with E-state index in [4.69, 9.17) is 15.7 Å². The Balaban J connectivity index is 2.11. The minimum absolute atomic E-state index is 0.583. The minimum Gasteiger partial charge on any atom is -0.495 e. The topological polar surface area (TPSA) is 62.3 Å². The van der Waals surface area contributed by atoms with E-state index in [1.165, 1.54) is 18.4 Å². The molecule has 1 aromatic carbocycles. The summed E-state index contributed by atoms with van der Waals surface area (Å²) in [6, 6.07) is 8.55. The van der Waals surface area contributed by atoms with Crippen molar-refractivity contribution in [3.8, 4) is 11.8 Å². The molecule has 108 valence electrons. The SMILES string of the molecule is COc1cc(CN2CC(CN)CCC2C)ccc1C#N. The summed E-state index contributed by atoms with van der Waals surface area (Å²) in [6.45, 7) is 4.98. The molecule has 0 aromatic heterocycles. The number of hydrogen-bond acceptors (Lipinski definition) is 4. The maximum atomic E-state index is 9.02. The number of piperidine rings is 1. The van der Waals surface area contributed by atoms with Gasteiger partial charge in [0.05, 0.1) is 12.7 Å². The van der Waals surface area contributed by atoms with Crippen LogP contribution in [0.5, 0.6) is 5.75 Å². The lowest BCUT2D eigenvalue weighted by molar-refractivity contribution is 0.113. The van der Waals surface area contributed by atoms with Gasteiger partial charge in [-0.05, 0) is 49.9 Å². The highest BCUT2D eigenvalue weighted by molar-refractivity contribution is 5.45. The van der Waals surface area contributed by atoms with E-state index in [0.29, 0.717) is 23.3 Å². The molecule has 2 rings (SSSR count). The molecule has 0 aliphatic carbocycles. The molecule has 4 heteroatoms.